The molecule has 222 valence electrons. The summed E-state index contributed by atoms with van der Waals surface area (Å²) in [6, 6.07) is 16.5. The minimum absolute atomic E-state index is 0.268. The van der Waals surface area contributed by atoms with E-state index in [0.29, 0.717) is 29.2 Å². The molecular weight excluding hydrogens is 528 g/mol. The first-order valence-corrected chi connectivity index (χ1v) is 14.7. The van der Waals surface area contributed by atoms with Crippen LogP contribution in [0.2, 0.25) is 0 Å². The smallest absolute Gasteiger partial charge is 0.247 e. The van der Waals surface area contributed by atoms with Crippen LogP contribution < -0.4 is 29.9 Å². The highest BCUT2D eigenvalue weighted by atomic mass is 16.5. The van der Waals surface area contributed by atoms with Crippen molar-refractivity contribution in [1.29, 1.82) is 0 Å². The summed E-state index contributed by atoms with van der Waals surface area (Å²) in [5.74, 6) is 2.24. The van der Waals surface area contributed by atoms with E-state index >= 15 is 0 Å². The first-order valence-electron chi connectivity index (χ1n) is 14.7. The summed E-state index contributed by atoms with van der Waals surface area (Å²) in [6.07, 6.45) is 5.90. The average molecular weight is 571 g/mol. The third kappa shape index (κ3) is 6.79. The lowest BCUT2D eigenvalue weighted by Gasteiger charge is -2.30. The molecule has 0 bridgehead atoms. The number of ether oxygens (including phenoxy) is 2. The summed E-state index contributed by atoms with van der Waals surface area (Å²) in [4.78, 5) is 23.9. The Balaban J connectivity index is 1.41. The number of benzene rings is 2. The SMILES string of the molecule is C=CC(=O)Nc1cc(Oc2nc(Nc3ccc(N4CCC(N(C)C)C4)cc3OC)ccc2N2CCCCC2)ccc1C. The first kappa shape index (κ1) is 29.3. The number of methoxy groups -OCH3 is 1. The number of aromatic nitrogens is 1. The number of carbonyl (C=O) groups excluding carboxylic acids is 1. The van der Waals surface area contributed by atoms with Crippen LogP contribution in [0.1, 0.15) is 31.2 Å². The Kier molecular flexibility index (Phi) is 9.17. The fourth-order valence-corrected chi connectivity index (χ4v) is 5.56. The van der Waals surface area contributed by atoms with E-state index in [1.54, 1.807) is 7.11 Å². The van der Waals surface area contributed by atoms with Crippen molar-refractivity contribution in [3.63, 3.8) is 0 Å². The highest BCUT2D eigenvalue weighted by Crippen LogP contribution is 2.37. The number of pyridine rings is 1. The van der Waals surface area contributed by atoms with Gasteiger partial charge in [-0.3, -0.25) is 4.79 Å². The van der Waals surface area contributed by atoms with Crippen LogP contribution in [-0.2, 0) is 4.79 Å². The molecule has 2 fully saturated rings. The normalized spacial score (nSPS) is 16.8. The highest BCUT2D eigenvalue weighted by molar-refractivity contribution is 5.99. The first-order chi connectivity index (χ1) is 20.3. The lowest BCUT2D eigenvalue weighted by Crippen LogP contribution is -2.31. The number of nitrogens with zero attached hydrogens (tertiary/aromatic N) is 4. The molecule has 2 N–H and O–H groups in total. The van der Waals surface area contributed by atoms with Crippen LogP contribution in [-0.4, -0.2) is 69.2 Å². The third-order valence-electron chi connectivity index (χ3n) is 8.11. The summed E-state index contributed by atoms with van der Waals surface area (Å²) in [7, 11) is 5.97. The van der Waals surface area contributed by atoms with Crippen molar-refractivity contribution < 1.29 is 14.3 Å². The summed E-state index contributed by atoms with van der Waals surface area (Å²) in [6.45, 7) is 9.43. The Morgan fingerprint density at radius 2 is 1.83 bits per heavy atom. The largest absolute Gasteiger partial charge is 0.494 e. The lowest BCUT2D eigenvalue weighted by atomic mass is 10.1. The van der Waals surface area contributed by atoms with E-state index in [4.69, 9.17) is 14.5 Å². The number of piperidine rings is 1. The van der Waals surface area contributed by atoms with Crippen molar-refractivity contribution in [2.45, 2.75) is 38.6 Å². The summed E-state index contributed by atoms with van der Waals surface area (Å²) >= 11 is 0. The molecule has 1 aromatic heterocycles. The number of aryl methyl sites for hydroxylation is 1. The maximum absolute atomic E-state index is 12.0. The number of carbonyl (C=O) groups is 1. The van der Waals surface area contributed by atoms with Crippen molar-refractivity contribution in [2.75, 3.05) is 67.8 Å². The summed E-state index contributed by atoms with van der Waals surface area (Å²) in [5, 5.41) is 6.30. The predicted octanol–water partition coefficient (Wildman–Crippen LogP) is 6.19. The van der Waals surface area contributed by atoms with Crippen LogP contribution in [0, 0.1) is 6.92 Å². The van der Waals surface area contributed by atoms with Crippen LogP contribution in [0.15, 0.2) is 61.2 Å². The number of likely N-dealkylation sites (N-methyl/N-ethyl adjacent to an activating group) is 1. The third-order valence-corrected chi connectivity index (χ3v) is 8.11. The number of hydrogen-bond donors (Lipinski definition) is 2. The van der Waals surface area contributed by atoms with Crippen LogP contribution in [0.4, 0.5) is 28.6 Å². The lowest BCUT2D eigenvalue weighted by molar-refractivity contribution is -0.111. The van der Waals surface area contributed by atoms with Crippen molar-refractivity contribution in [3.8, 4) is 17.4 Å². The molecule has 2 aliphatic heterocycles. The Morgan fingerprint density at radius 1 is 1.02 bits per heavy atom. The topological polar surface area (TPSA) is 82.2 Å². The van der Waals surface area contributed by atoms with Gasteiger partial charge in [0.15, 0.2) is 0 Å². The molecule has 3 heterocycles. The number of nitrogens with one attached hydrogen (secondary N) is 2. The average Bonchev–Trinajstić information content (AvgIpc) is 3.51. The summed E-state index contributed by atoms with van der Waals surface area (Å²) in [5.41, 5.74) is 4.53. The van der Waals surface area contributed by atoms with Crippen molar-refractivity contribution in [2.24, 2.45) is 0 Å². The van der Waals surface area contributed by atoms with Crippen molar-refractivity contribution >= 4 is 34.5 Å². The molecule has 0 saturated carbocycles. The second-order valence-electron chi connectivity index (χ2n) is 11.2. The molecule has 2 aliphatic rings. The molecule has 5 rings (SSSR count). The second-order valence-corrected chi connectivity index (χ2v) is 11.2. The maximum atomic E-state index is 12.0. The van der Waals surface area contributed by atoms with Gasteiger partial charge in [-0.15, -0.1) is 0 Å². The van der Waals surface area contributed by atoms with Crippen LogP contribution in [0.3, 0.4) is 0 Å². The number of hydrogen-bond acceptors (Lipinski definition) is 8. The van der Waals surface area contributed by atoms with Gasteiger partial charge in [-0.2, -0.15) is 4.98 Å². The van der Waals surface area contributed by atoms with Gasteiger partial charge in [0, 0.05) is 55.7 Å². The van der Waals surface area contributed by atoms with E-state index in [-0.39, 0.29) is 5.91 Å². The molecule has 1 atom stereocenters. The summed E-state index contributed by atoms with van der Waals surface area (Å²) < 4.78 is 12.2. The minimum atomic E-state index is -0.268. The van der Waals surface area contributed by atoms with Gasteiger partial charge in [0.2, 0.25) is 11.8 Å². The fourth-order valence-electron chi connectivity index (χ4n) is 5.56. The number of rotatable bonds is 10. The van der Waals surface area contributed by atoms with Crippen LogP contribution >= 0.6 is 0 Å². The van der Waals surface area contributed by atoms with E-state index < -0.39 is 0 Å². The number of anilines is 5. The molecule has 1 unspecified atom stereocenters. The fraction of sp³-hybridized carbons (Fsp3) is 0.394. The standard InChI is InChI=1S/C33H42N6O3/c1-6-32(40)35-28-21-26(12-10-23(28)2)42-33-29(38-17-8-7-9-18-38)14-15-31(36-33)34-27-13-11-24(20-30(27)41-5)39-19-16-25(22-39)37(3)4/h6,10-15,20-21,25H,1,7-9,16-19,22H2,2-5H3,(H,34,36)(H,35,40). The molecular formula is C33H42N6O3. The Morgan fingerprint density at radius 3 is 2.55 bits per heavy atom. The van der Waals surface area contributed by atoms with Crippen LogP contribution in [0.5, 0.6) is 17.4 Å². The van der Waals surface area contributed by atoms with E-state index in [1.165, 1.54) is 12.5 Å². The monoisotopic (exact) mass is 570 g/mol. The Labute approximate surface area is 249 Å². The van der Waals surface area contributed by atoms with Gasteiger partial charge in [-0.1, -0.05) is 12.6 Å². The van der Waals surface area contributed by atoms with Gasteiger partial charge in [0.05, 0.1) is 12.8 Å². The van der Waals surface area contributed by atoms with Crippen LogP contribution in [0.25, 0.3) is 0 Å². The van der Waals surface area contributed by atoms with Crippen molar-refractivity contribution in [1.82, 2.24) is 9.88 Å². The van der Waals surface area contributed by atoms with Gasteiger partial charge in [0.25, 0.3) is 0 Å². The Hall–Kier alpha value is -4.24. The van der Waals surface area contributed by atoms with E-state index in [0.717, 1.165) is 73.8 Å². The van der Waals surface area contributed by atoms with E-state index in [2.05, 4.69) is 64.2 Å². The van der Waals surface area contributed by atoms with Gasteiger partial charge in [-0.25, -0.2) is 0 Å². The Bertz CT molecular complexity index is 1420. The maximum Gasteiger partial charge on any atom is 0.247 e. The highest BCUT2D eigenvalue weighted by Gasteiger charge is 2.25. The molecule has 3 aromatic rings. The molecule has 42 heavy (non-hydrogen) atoms. The zero-order chi connectivity index (χ0) is 29.6. The predicted molar refractivity (Wildman–Crippen MR) is 171 cm³/mol. The van der Waals surface area contributed by atoms with Gasteiger partial charge in [-0.05, 0) is 88.7 Å². The minimum Gasteiger partial charge on any atom is -0.494 e. The van der Waals surface area contributed by atoms with Crippen molar-refractivity contribution in [3.05, 3.63) is 66.7 Å². The second kappa shape index (κ2) is 13.2. The van der Waals surface area contributed by atoms with Gasteiger partial charge < -0.3 is 34.8 Å². The molecule has 2 saturated heterocycles. The zero-order valence-corrected chi connectivity index (χ0v) is 25.2. The van der Waals surface area contributed by atoms with Gasteiger partial charge >= 0.3 is 0 Å². The molecule has 0 spiro atoms. The van der Waals surface area contributed by atoms with E-state index in [1.807, 2.05) is 37.3 Å². The number of amides is 1. The molecule has 9 nitrogen and oxygen atoms in total. The molecule has 0 radical (unpaired) electrons. The molecule has 1 amide bonds. The molecule has 9 heteroatoms. The van der Waals surface area contributed by atoms with E-state index in [9.17, 15) is 4.79 Å². The van der Waals surface area contributed by atoms with Gasteiger partial charge in [0.1, 0.15) is 23.0 Å². The molecule has 0 aliphatic carbocycles. The zero-order valence-electron chi connectivity index (χ0n) is 25.2. The quantitative estimate of drug-likeness (QED) is 0.279. The molecule has 2 aromatic carbocycles.